The van der Waals surface area contributed by atoms with Crippen molar-refractivity contribution in [1.29, 1.82) is 0 Å². The van der Waals surface area contributed by atoms with Crippen LogP contribution in [0.4, 0.5) is 0 Å². The molecule has 0 radical (unpaired) electrons. The summed E-state index contributed by atoms with van der Waals surface area (Å²) in [5.41, 5.74) is 5.52. The predicted octanol–water partition coefficient (Wildman–Crippen LogP) is -0.547. The molecule has 0 aromatic rings. The highest BCUT2D eigenvalue weighted by Gasteiger charge is 2.01. The minimum atomic E-state index is -0.405. The third-order valence-corrected chi connectivity index (χ3v) is 1.56. The van der Waals surface area contributed by atoms with E-state index in [1.807, 2.05) is 19.0 Å². The highest BCUT2D eigenvalue weighted by Crippen LogP contribution is 1.90. The molecule has 0 spiro atoms. The zero-order valence-corrected chi connectivity index (χ0v) is 9.28. The van der Waals surface area contributed by atoms with Gasteiger partial charge in [-0.1, -0.05) is 0 Å². The second kappa shape index (κ2) is 6.26. The minimum Gasteiger partial charge on any atom is -0.461 e. The molecule has 0 unspecified atom stereocenters. The molecule has 0 aromatic heterocycles. The van der Waals surface area contributed by atoms with E-state index in [0.717, 1.165) is 0 Å². The number of esters is 1. The molecular formula is C9H19N3O2. The number of carbonyl (C=O) groups excluding carboxylic acids is 1. The van der Waals surface area contributed by atoms with Crippen LogP contribution in [0.25, 0.3) is 0 Å². The van der Waals surface area contributed by atoms with Crippen molar-refractivity contribution in [2.75, 3.05) is 41.3 Å². The first kappa shape index (κ1) is 12.8. The number of likely N-dealkylation sites (N-methyl/N-ethyl adjacent to an activating group) is 1. The average molecular weight is 201 g/mol. The molecule has 0 aliphatic rings. The summed E-state index contributed by atoms with van der Waals surface area (Å²) >= 11 is 0. The van der Waals surface area contributed by atoms with E-state index in [2.05, 4.69) is 0 Å². The van der Waals surface area contributed by atoms with Gasteiger partial charge in [-0.2, -0.15) is 0 Å². The van der Waals surface area contributed by atoms with Crippen molar-refractivity contribution in [3.05, 3.63) is 11.9 Å². The Bertz CT molecular complexity index is 212. The highest BCUT2D eigenvalue weighted by atomic mass is 16.5. The Kier molecular flexibility index (Phi) is 5.71. The first-order chi connectivity index (χ1) is 6.43. The Morgan fingerprint density at radius 2 is 1.93 bits per heavy atom. The van der Waals surface area contributed by atoms with Crippen LogP contribution in [-0.2, 0) is 9.53 Å². The fourth-order valence-electron chi connectivity index (χ4n) is 0.620. The van der Waals surface area contributed by atoms with Crippen LogP contribution in [0.2, 0.25) is 0 Å². The summed E-state index contributed by atoms with van der Waals surface area (Å²) in [6, 6.07) is 0. The molecule has 82 valence electrons. The largest absolute Gasteiger partial charge is 0.461 e. The van der Waals surface area contributed by atoms with E-state index in [9.17, 15) is 4.79 Å². The second-order valence-corrected chi connectivity index (χ2v) is 3.43. The molecule has 0 saturated heterocycles. The Balaban J connectivity index is 3.81. The van der Waals surface area contributed by atoms with E-state index >= 15 is 0 Å². The van der Waals surface area contributed by atoms with Crippen LogP contribution in [0, 0.1) is 0 Å². The van der Waals surface area contributed by atoms with E-state index in [-0.39, 0.29) is 0 Å². The monoisotopic (exact) mass is 201 g/mol. The summed E-state index contributed by atoms with van der Waals surface area (Å²) in [5.74, 6) is -0.0158. The van der Waals surface area contributed by atoms with Crippen LogP contribution < -0.4 is 5.73 Å². The summed E-state index contributed by atoms with van der Waals surface area (Å²) in [6.45, 7) is 1.09. The molecule has 0 aliphatic heterocycles. The van der Waals surface area contributed by atoms with Crippen LogP contribution >= 0.6 is 0 Å². The lowest BCUT2D eigenvalue weighted by Gasteiger charge is -2.12. The molecule has 5 heteroatoms. The lowest BCUT2D eigenvalue weighted by Crippen LogP contribution is -2.22. The van der Waals surface area contributed by atoms with Crippen LogP contribution in [0.1, 0.15) is 0 Å². The summed E-state index contributed by atoms with van der Waals surface area (Å²) in [5, 5.41) is 0. The maximum Gasteiger partial charge on any atom is 0.334 e. The molecular weight excluding hydrogens is 182 g/mol. The fourth-order valence-corrected chi connectivity index (χ4v) is 0.620. The molecule has 0 amide bonds. The van der Waals surface area contributed by atoms with Crippen LogP contribution in [0.5, 0.6) is 0 Å². The number of nitrogens with zero attached hydrogens (tertiary/aromatic N) is 2. The van der Waals surface area contributed by atoms with Gasteiger partial charge < -0.3 is 20.3 Å². The van der Waals surface area contributed by atoms with Gasteiger partial charge in [0.05, 0.1) is 6.08 Å². The molecule has 0 aliphatic carbocycles. The third kappa shape index (κ3) is 6.30. The van der Waals surface area contributed by atoms with Gasteiger partial charge in [-0.3, -0.25) is 0 Å². The normalized spacial score (nSPS) is 11.6. The van der Waals surface area contributed by atoms with E-state index in [1.54, 1.807) is 19.0 Å². The minimum absolute atomic E-state index is 0.378. The number of nitrogens with two attached hydrogens (primary N) is 1. The average Bonchev–Trinajstić information content (AvgIpc) is 2.02. The molecule has 0 fully saturated rings. The Hall–Kier alpha value is -1.23. The maximum atomic E-state index is 11.1. The van der Waals surface area contributed by atoms with Gasteiger partial charge in [0.1, 0.15) is 12.4 Å². The number of carbonyl (C=O) groups is 1. The third-order valence-electron chi connectivity index (χ3n) is 1.56. The molecule has 5 nitrogen and oxygen atoms in total. The van der Waals surface area contributed by atoms with Crippen LogP contribution in [0.3, 0.4) is 0 Å². The Morgan fingerprint density at radius 1 is 1.36 bits per heavy atom. The maximum absolute atomic E-state index is 11.1. The molecule has 0 saturated carbocycles. The predicted molar refractivity (Wildman–Crippen MR) is 55.5 cm³/mol. The van der Waals surface area contributed by atoms with Crippen molar-refractivity contribution >= 4 is 5.97 Å². The van der Waals surface area contributed by atoms with Gasteiger partial charge in [0.2, 0.25) is 0 Å². The van der Waals surface area contributed by atoms with Gasteiger partial charge in [-0.05, 0) is 14.1 Å². The number of rotatable bonds is 5. The second-order valence-electron chi connectivity index (χ2n) is 3.43. The van der Waals surface area contributed by atoms with Crippen LogP contribution in [-0.4, -0.2) is 57.1 Å². The van der Waals surface area contributed by atoms with Crippen molar-refractivity contribution in [1.82, 2.24) is 9.80 Å². The fraction of sp³-hybridized carbons (Fsp3) is 0.667. The summed E-state index contributed by atoms with van der Waals surface area (Å²) in [6.07, 6.45) is 1.27. The quantitative estimate of drug-likeness (QED) is 0.478. The lowest BCUT2D eigenvalue weighted by molar-refractivity contribution is -0.138. The van der Waals surface area contributed by atoms with Crippen molar-refractivity contribution in [2.24, 2.45) is 5.73 Å². The van der Waals surface area contributed by atoms with E-state index in [1.165, 1.54) is 6.08 Å². The van der Waals surface area contributed by atoms with Gasteiger partial charge in [-0.25, -0.2) is 4.79 Å². The van der Waals surface area contributed by atoms with Gasteiger partial charge in [0.25, 0.3) is 0 Å². The summed E-state index contributed by atoms with van der Waals surface area (Å²) < 4.78 is 4.91. The van der Waals surface area contributed by atoms with E-state index in [0.29, 0.717) is 19.0 Å². The molecule has 0 heterocycles. The van der Waals surface area contributed by atoms with Crippen molar-refractivity contribution in [2.45, 2.75) is 0 Å². The van der Waals surface area contributed by atoms with Crippen molar-refractivity contribution in [3.63, 3.8) is 0 Å². The Morgan fingerprint density at radius 3 is 2.36 bits per heavy atom. The summed E-state index contributed by atoms with van der Waals surface area (Å²) in [4.78, 5) is 14.7. The van der Waals surface area contributed by atoms with E-state index < -0.39 is 5.97 Å². The van der Waals surface area contributed by atoms with Gasteiger partial charge in [0.15, 0.2) is 0 Å². The Labute approximate surface area is 85.1 Å². The first-order valence-electron chi connectivity index (χ1n) is 4.39. The van der Waals surface area contributed by atoms with Gasteiger partial charge in [0, 0.05) is 20.6 Å². The zero-order valence-electron chi connectivity index (χ0n) is 9.28. The first-order valence-corrected chi connectivity index (χ1v) is 4.39. The highest BCUT2D eigenvalue weighted by molar-refractivity contribution is 5.82. The lowest BCUT2D eigenvalue weighted by atomic mass is 10.5. The van der Waals surface area contributed by atoms with Crippen molar-refractivity contribution < 1.29 is 9.53 Å². The van der Waals surface area contributed by atoms with Gasteiger partial charge >= 0.3 is 5.97 Å². The molecule has 2 N–H and O–H groups in total. The molecule has 0 aromatic carbocycles. The number of hydrogen-bond donors (Lipinski definition) is 1. The number of hydrogen-bond acceptors (Lipinski definition) is 5. The molecule has 14 heavy (non-hydrogen) atoms. The topological polar surface area (TPSA) is 58.8 Å². The standard InChI is InChI=1S/C9H19N3O2/c1-11(2)5-6-14-9(13)7-8(10)12(3)4/h7H,5-6,10H2,1-4H3. The van der Waals surface area contributed by atoms with Gasteiger partial charge in [-0.15, -0.1) is 0 Å². The summed E-state index contributed by atoms with van der Waals surface area (Å²) in [7, 11) is 7.35. The van der Waals surface area contributed by atoms with Crippen molar-refractivity contribution in [3.8, 4) is 0 Å². The molecule has 0 bridgehead atoms. The van der Waals surface area contributed by atoms with E-state index in [4.69, 9.17) is 10.5 Å². The molecule has 0 atom stereocenters. The zero-order chi connectivity index (χ0) is 11.1. The van der Waals surface area contributed by atoms with Crippen LogP contribution in [0.15, 0.2) is 11.9 Å². The SMILES string of the molecule is CN(C)CCOC(=O)C=C(N)N(C)C. The molecule has 0 rings (SSSR count). The number of ether oxygens (including phenoxy) is 1. The smallest absolute Gasteiger partial charge is 0.334 e.